The molecule has 0 aliphatic carbocycles. The van der Waals surface area contributed by atoms with Gasteiger partial charge in [-0.15, -0.1) is 0 Å². The highest BCUT2D eigenvalue weighted by Crippen LogP contribution is 2.18. The summed E-state index contributed by atoms with van der Waals surface area (Å²) in [5.41, 5.74) is 0.963. The zero-order valence-corrected chi connectivity index (χ0v) is 10.3. The molecule has 4 heteroatoms. The topological polar surface area (TPSA) is 54.0 Å². The normalized spacial score (nSPS) is 9.75. The van der Waals surface area contributed by atoms with Crippen LogP contribution in [0.3, 0.4) is 0 Å². The number of nitrogens with zero attached hydrogens (tertiary/aromatic N) is 1. The van der Waals surface area contributed by atoms with Gasteiger partial charge in [-0.25, -0.2) is 0 Å². The van der Waals surface area contributed by atoms with Crippen LogP contribution in [0.15, 0.2) is 41.0 Å². The van der Waals surface area contributed by atoms with Crippen molar-refractivity contribution in [3.05, 3.63) is 57.1 Å². The monoisotopic (exact) mass is 323 g/mol. The molecule has 0 bridgehead atoms. The number of carbonyl (C=O) groups is 1. The summed E-state index contributed by atoms with van der Waals surface area (Å²) in [5.74, 6) is 0.0829. The average molecular weight is 323 g/mol. The van der Waals surface area contributed by atoms with Crippen molar-refractivity contribution in [1.29, 1.82) is 5.26 Å². The average Bonchev–Trinajstić information content (AvgIpc) is 2.82. The van der Waals surface area contributed by atoms with Crippen molar-refractivity contribution in [3.8, 4) is 6.07 Å². The maximum atomic E-state index is 12.0. The van der Waals surface area contributed by atoms with Gasteiger partial charge in [0.25, 0.3) is 0 Å². The van der Waals surface area contributed by atoms with Gasteiger partial charge in [-0.3, -0.25) is 4.79 Å². The molecule has 0 unspecified atom stereocenters. The standard InChI is InChI=1S/C12H6INO2/c13-10-4-3-8(7-14)6-9(10)12(15)11-2-1-5-16-11/h1-6H. The number of furan rings is 1. The SMILES string of the molecule is N#Cc1ccc(I)c(C(=O)c2ccco2)c1. The van der Waals surface area contributed by atoms with Gasteiger partial charge in [0.05, 0.1) is 17.9 Å². The molecule has 0 aliphatic heterocycles. The molecule has 0 atom stereocenters. The minimum Gasteiger partial charge on any atom is -0.461 e. The summed E-state index contributed by atoms with van der Waals surface area (Å²) < 4.78 is 5.85. The maximum absolute atomic E-state index is 12.0. The molecule has 2 aromatic rings. The molecule has 1 aromatic heterocycles. The molecule has 0 N–H and O–H groups in total. The lowest BCUT2D eigenvalue weighted by molar-refractivity contribution is 0.101. The quantitative estimate of drug-likeness (QED) is 0.631. The zero-order valence-electron chi connectivity index (χ0n) is 8.11. The molecule has 0 aliphatic rings. The number of carbonyl (C=O) groups excluding carboxylic acids is 1. The molecule has 0 radical (unpaired) electrons. The third kappa shape index (κ3) is 1.99. The Morgan fingerprint density at radius 3 is 2.81 bits per heavy atom. The summed E-state index contributed by atoms with van der Waals surface area (Å²) in [4.78, 5) is 12.0. The Bertz CT molecular complexity index is 567. The van der Waals surface area contributed by atoms with Gasteiger partial charge in [0.15, 0.2) is 5.76 Å². The van der Waals surface area contributed by atoms with Gasteiger partial charge in [0.1, 0.15) is 0 Å². The molecule has 0 saturated carbocycles. The molecule has 1 aromatic carbocycles. The van der Waals surface area contributed by atoms with Crippen LogP contribution in [0.1, 0.15) is 21.7 Å². The summed E-state index contributed by atoms with van der Waals surface area (Å²) in [6.07, 6.45) is 1.45. The fraction of sp³-hybridized carbons (Fsp3) is 0. The van der Waals surface area contributed by atoms with E-state index < -0.39 is 0 Å². The fourth-order valence-corrected chi connectivity index (χ4v) is 1.89. The molecule has 0 spiro atoms. The summed E-state index contributed by atoms with van der Waals surface area (Å²) in [5, 5.41) is 8.78. The minimum atomic E-state index is -0.202. The van der Waals surface area contributed by atoms with Gasteiger partial charge < -0.3 is 4.42 Å². The predicted octanol–water partition coefficient (Wildman–Crippen LogP) is 2.99. The van der Waals surface area contributed by atoms with Crippen LogP contribution < -0.4 is 0 Å². The van der Waals surface area contributed by atoms with Gasteiger partial charge in [0, 0.05) is 9.13 Å². The van der Waals surface area contributed by atoms with Crippen molar-refractivity contribution in [2.24, 2.45) is 0 Å². The lowest BCUT2D eigenvalue weighted by atomic mass is 10.1. The summed E-state index contributed by atoms with van der Waals surface area (Å²) in [6.45, 7) is 0. The number of nitriles is 1. The highest BCUT2D eigenvalue weighted by atomic mass is 127. The van der Waals surface area contributed by atoms with Crippen molar-refractivity contribution >= 4 is 28.4 Å². The van der Waals surface area contributed by atoms with Crippen LogP contribution in [0.25, 0.3) is 0 Å². The van der Waals surface area contributed by atoms with Crippen molar-refractivity contribution in [3.63, 3.8) is 0 Å². The molecule has 0 fully saturated rings. The van der Waals surface area contributed by atoms with Crippen LogP contribution in [-0.4, -0.2) is 5.78 Å². The lowest BCUT2D eigenvalue weighted by Gasteiger charge is -2.01. The van der Waals surface area contributed by atoms with E-state index in [0.717, 1.165) is 3.57 Å². The van der Waals surface area contributed by atoms with Gasteiger partial charge in [0.2, 0.25) is 5.78 Å². The molecular weight excluding hydrogens is 317 g/mol. The number of hydrogen-bond donors (Lipinski definition) is 0. The Labute approximate surface area is 106 Å². The number of ketones is 1. The van der Waals surface area contributed by atoms with E-state index in [1.165, 1.54) is 6.26 Å². The van der Waals surface area contributed by atoms with Crippen molar-refractivity contribution in [2.45, 2.75) is 0 Å². The first-order valence-corrected chi connectivity index (χ1v) is 5.58. The molecule has 2 rings (SSSR count). The number of rotatable bonds is 2. The predicted molar refractivity (Wildman–Crippen MR) is 66.0 cm³/mol. The Morgan fingerprint density at radius 1 is 1.38 bits per heavy atom. The first-order chi connectivity index (χ1) is 7.72. The lowest BCUT2D eigenvalue weighted by Crippen LogP contribution is -2.02. The van der Waals surface area contributed by atoms with E-state index in [1.54, 1.807) is 30.3 Å². The largest absolute Gasteiger partial charge is 0.461 e. The van der Waals surface area contributed by atoms with E-state index >= 15 is 0 Å². The van der Waals surface area contributed by atoms with Crippen LogP contribution in [0.2, 0.25) is 0 Å². The smallest absolute Gasteiger partial charge is 0.229 e. The van der Waals surface area contributed by atoms with E-state index in [2.05, 4.69) is 22.6 Å². The Balaban J connectivity index is 2.48. The Morgan fingerprint density at radius 2 is 2.19 bits per heavy atom. The first-order valence-electron chi connectivity index (χ1n) is 4.50. The van der Waals surface area contributed by atoms with Crippen LogP contribution in [0.4, 0.5) is 0 Å². The fourth-order valence-electron chi connectivity index (χ4n) is 1.31. The van der Waals surface area contributed by atoms with E-state index in [-0.39, 0.29) is 11.5 Å². The van der Waals surface area contributed by atoms with Gasteiger partial charge in [-0.2, -0.15) is 5.26 Å². The highest BCUT2D eigenvalue weighted by molar-refractivity contribution is 14.1. The van der Waals surface area contributed by atoms with Crippen LogP contribution in [-0.2, 0) is 0 Å². The summed E-state index contributed by atoms with van der Waals surface area (Å²) in [7, 11) is 0. The van der Waals surface area contributed by atoms with Crippen LogP contribution in [0, 0.1) is 14.9 Å². The molecule has 78 valence electrons. The second kappa shape index (κ2) is 4.49. The Kier molecular flexibility index (Phi) is 3.06. The second-order valence-corrected chi connectivity index (χ2v) is 4.28. The van der Waals surface area contributed by atoms with Crippen molar-refractivity contribution < 1.29 is 9.21 Å². The van der Waals surface area contributed by atoms with Gasteiger partial charge in [-0.05, 0) is 52.9 Å². The van der Waals surface area contributed by atoms with E-state index in [9.17, 15) is 4.79 Å². The molecule has 0 amide bonds. The molecular formula is C12H6INO2. The number of hydrogen-bond acceptors (Lipinski definition) is 3. The summed E-state index contributed by atoms with van der Waals surface area (Å²) >= 11 is 2.06. The minimum absolute atomic E-state index is 0.202. The van der Waals surface area contributed by atoms with Crippen LogP contribution >= 0.6 is 22.6 Å². The number of halogens is 1. The molecule has 1 heterocycles. The summed E-state index contributed by atoms with van der Waals surface area (Å²) in [6, 6.07) is 10.3. The van der Waals surface area contributed by atoms with Gasteiger partial charge in [-0.1, -0.05) is 0 Å². The number of benzene rings is 1. The molecule has 16 heavy (non-hydrogen) atoms. The zero-order chi connectivity index (χ0) is 11.5. The molecule has 3 nitrogen and oxygen atoms in total. The first kappa shape index (κ1) is 10.9. The third-order valence-electron chi connectivity index (χ3n) is 2.09. The second-order valence-electron chi connectivity index (χ2n) is 3.11. The van der Waals surface area contributed by atoms with E-state index in [4.69, 9.17) is 9.68 Å². The van der Waals surface area contributed by atoms with Gasteiger partial charge >= 0.3 is 0 Å². The van der Waals surface area contributed by atoms with E-state index in [1.807, 2.05) is 6.07 Å². The Hall–Kier alpha value is -1.61. The van der Waals surface area contributed by atoms with Crippen molar-refractivity contribution in [1.82, 2.24) is 0 Å². The van der Waals surface area contributed by atoms with E-state index in [0.29, 0.717) is 11.1 Å². The van der Waals surface area contributed by atoms with Crippen molar-refractivity contribution in [2.75, 3.05) is 0 Å². The van der Waals surface area contributed by atoms with Crippen LogP contribution in [0.5, 0.6) is 0 Å². The third-order valence-corrected chi connectivity index (χ3v) is 3.03. The maximum Gasteiger partial charge on any atom is 0.229 e. The highest BCUT2D eigenvalue weighted by Gasteiger charge is 2.15. The molecule has 0 saturated heterocycles.